The second-order valence-electron chi connectivity index (χ2n) is 3.17. The van der Waals surface area contributed by atoms with Gasteiger partial charge in [0, 0.05) is 0 Å². The predicted octanol–water partition coefficient (Wildman–Crippen LogP) is 3.93. The van der Waals surface area contributed by atoms with Crippen LogP contribution in [0.4, 0.5) is 0 Å². The maximum absolute atomic E-state index is 2.30. The quantitative estimate of drug-likeness (QED) is 0.596. The Bertz CT molecular complexity index is 243. The highest BCUT2D eigenvalue weighted by Gasteiger charge is 2.09. The smallest absolute Gasteiger partial charge is 0.0164 e. The van der Waals surface area contributed by atoms with Crippen molar-refractivity contribution in [1.29, 1.82) is 0 Å². The fourth-order valence-corrected chi connectivity index (χ4v) is 4.27. The highest BCUT2D eigenvalue weighted by atomic mass is 31.1. The van der Waals surface area contributed by atoms with Crippen molar-refractivity contribution in [2.75, 3.05) is 0 Å². The minimum absolute atomic E-state index is 0.115. The molecule has 1 aromatic rings. The summed E-state index contributed by atoms with van der Waals surface area (Å²) in [6.45, 7) is 11.4. The molecule has 0 fully saturated rings. The molecule has 1 rings (SSSR count). The van der Waals surface area contributed by atoms with Gasteiger partial charge in [0.15, 0.2) is 0 Å². The van der Waals surface area contributed by atoms with Crippen molar-refractivity contribution in [2.24, 2.45) is 0 Å². The van der Waals surface area contributed by atoms with Crippen molar-refractivity contribution in [3.8, 4) is 0 Å². The summed E-state index contributed by atoms with van der Waals surface area (Å²) in [6, 6.07) is 0. The molecule has 11 heavy (non-hydrogen) atoms. The first-order chi connectivity index (χ1) is 5.09. The molecule has 1 aromatic heterocycles. The molecular weight excluding hydrogens is 151 g/mol. The molecule has 0 spiro atoms. The van der Waals surface area contributed by atoms with Gasteiger partial charge < -0.3 is 0 Å². The summed E-state index contributed by atoms with van der Waals surface area (Å²) < 4.78 is 0. The van der Waals surface area contributed by atoms with Crippen molar-refractivity contribution in [2.45, 2.75) is 40.8 Å². The third-order valence-electron chi connectivity index (χ3n) is 2.77. The standard InChI is InChI=1S/C10H17P/c1-6-11-9(4)7(2)8(3)10(11)5/h6H2,1-5H3. The van der Waals surface area contributed by atoms with E-state index in [-0.39, 0.29) is 7.53 Å². The van der Waals surface area contributed by atoms with Gasteiger partial charge in [0.1, 0.15) is 0 Å². The topological polar surface area (TPSA) is 0 Å². The van der Waals surface area contributed by atoms with Crippen LogP contribution in [0.3, 0.4) is 0 Å². The van der Waals surface area contributed by atoms with Crippen LogP contribution in [0.15, 0.2) is 0 Å². The first kappa shape index (κ1) is 8.87. The van der Waals surface area contributed by atoms with Crippen LogP contribution >= 0.6 is 7.53 Å². The molecular formula is C10H17P. The summed E-state index contributed by atoms with van der Waals surface area (Å²) in [5.41, 5.74) is 3.10. The van der Waals surface area contributed by atoms with Gasteiger partial charge in [0.2, 0.25) is 0 Å². The largest absolute Gasteiger partial charge is 0.119 e. The second kappa shape index (κ2) is 3.03. The average Bonchev–Trinajstić information content (AvgIpc) is 2.17. The molecule has 0 radical (unpaired) electrons. The van der Waals surface area contributed by atoms with E-state index in [0.29, 0.717) is 0 Å². The minimum atomic E-state index is 0.115. The average molecular weight is 168 g/mol. The molecule has 62 valence electrons. The van der Waals surface area contributed by atoms with Crippen LogP contribution in [-0.4, -0.2) is 0 Å². The maximum Gasteiger partial charge on any atom is -0.0164 e. The summed E-state index contributed by atoms with van der Waals surface area (Å²) in [4.78, 5) is 0. The van der Waals surface area contributed by atoms with Gasteiger partial charge >= 0.3 is 0 Å². The van der Waals surface area contributed by atoms with Gasteiger partial charge in [-0.3, -0.25) is 0 Å². The Morgan fingerprint density at radius 1 is 0.909 bits per heavy atom. The lowest BCUT2D eigenvalue weighted by Gasteiger charge is -1.98. The van der Waals surface area contributed by atoms with Gasteiger partial charge in [0.05, 0.1) is 0 Å². The Hall–Kier alpha value is -0.220. The zero-order valence-electron chi connectivity index (χ0n) is 8.15. The molecule has 0 unspecified atom stereocenters. The van der Waals surface area contributed by atoms with E-state index in [9.17, 15) is 0 Å². The van der Waals surface area contributed by atoms with Crippen LogP contribution in [0.1, 0.15) is 28.6 Å². The molecule has 0 saturated carbocycles. The summed E-state index contributed by atoms with van der Waals surface area (Å²) in [5, 5.41) is 3.30. The lowest BCUT2D eigenvalue weighted by molar-refractivity contribution is 1.32. The van der Waals surface area contributed by atoms with Crippen molar-refractivity contribution in [1.82, 2.24) is 0 Å². The molecule has 0 amide bonds. The van der Waals surface area contributed by atoms with Gasteiger partial charge in [-0.15, -0.1) is 7.53 Å². The van der Waals surface area contributed by atoms with Crippen LogP contribution in [-0.2, 0) is 6.16 Å². The maximum atomic E-state index is 2.30. The SMILES string of the molecule is CCp1c(C)c(C)c(C)c1C. The highest BCUT2D eigenvalue weighted by Crippen LogP contribution is 2.44. The summed E-state index contributed by atoms with van der Waals surface area (Å²) in [5.74, 6) is 0. The molecule has 1 heteroatoms. The van der Waals surface area contributed by atoms with Crippen molar-refractivity contribution >= 4 is 7.53 Å². The van der Waals surface area contributed by atoms with E-state index in [0.717, 1.165) is 0 Å². The van der Waals surface area contributed by atoms with E-state index in [4.69, 9.17) is 0 Å². The fraction of sp³-hybridized carbons (Fsp3) is 0.600. The van der Waals surface area contributed by atoms with E-state index in [1.165, 1.54) is 6.16 Å². The summed E-state index contributed by atoms with van der Waals surface area (Å²) in [7, 11) is 0.115. The number of rotatable bonds is 1. The van der Waals surface area contributed by atoms with E-state index in [1.54, 1.807) is 21.7 Å². The lowest BCUT2D eigenvalue weighted by atomic mass is 10.2. The summed E-state index contributed by atoms with van der Waals surface area (Å²) in [6.07, 6.45) is 1.32. The zero-order chi connectivity index (χ0) is 8.59. The third-order valence-corrected chi connectivity index (χ3v) is 5.70. The van der Waals surface area contributed by atoms with E-state index < -0.39 is 0 Å². The molecule has 0 aliphatic carbocycles. The Labute approximate surface area is 70.7 Å². The minimum Gasteiger partial charge on any atom is -0.119 e. The number of hydrogen-bond donors (Lipinski definition) is 0. The molecule has 0 bridgehead atoms. The first-order valence-electron chi connectivity index (χ1n) is 4.22. The van der Waals surface area contributed by atoms with Crippen molar-refractivity contribution in [3.63, 3.8) is 0 Å². The Morgan fingerprint density at radius 2 is 1.27 bits per heavy atom. The number of hydrogen-bond acceptors (Lipinski definition) is 0. The van der Waals surface area contributed by atoms with Gasteiger partial charge in [-0.05, 0) is 55.6 Å². The van der Waals surface area contributed by atoms with E-state index in [1.807, 2.05) is 0 Å². The van der Waals surface area contributed by atoms with Crippen molar-refractivity contribution < 1.29 is 0 Å². The summed E-state index contributed by atoms with van der Waals surface area (Å²) >= 11 is 0. The third kappa shape index (κ3) is 1.25. The Balaban J connectivity index is 3.36. The van der Waals surface area contributed by atoms with E-state index in [2.05, 4.69) is 34.6 Å². The van der Waals surface area contributed by atoms with Crippen LogP contribution < -0.4 is 0 Å². The molecule has 0 atom stereocenters. The van der Waals surface area contributed by atoms with Crippen LogP contribution in [0.25, 0.3) is 0 Å². The van der Waals surface area contributed by atoms with Gasteiger partial charge in [-0.25, -0.2) is 0 Å². The van der Waals surface area contributed by atoms with Gasteiger partial charge in [-0.1, -0.05) is 6.92 Å². The van der Waals surface area contributed by atoms with Gasteiger partial charge in [-0.2, -0.15) is 0 Å². The Kier molecular flexibility index (Phi) is 2.44. The van der Waals surface area contributed by atoms with Crippen LogP contribution in [0.5, 0.6) is 0 Å². The Morgan fingerprint density at radius 3 is 1.45 bits per heavy atom. The van der Waals surface area contributed by atoms with Gasteiger partial charge in [0.25, 0.3) is 0 Å². The molecule has 0 aromatic carbocycles. The normalized spacial score (nSPS) is 10.6. The molecule has 0 saturated heterocycles. The van der Waals surface area contributed by atoms with Crippen LogP contribution in [0, 0.1) is 27.7 Å². The first-order valence-corrected chi connectivity index (χ1v) is 5.75. The molecule has 0 aliphatic rings. The fourth-order valence-electron chi connectivity index (χ4n) is 1.67. The second-order valence-corrected chi connectivity index (χ2v) is 6.00. The van der Waals surface area contributed by atoms with E-state index >= 15 is 0 Å². The van der Waals surface area contributed by atoms with Crippen molar-refractivity contribution in [3.05, 3.63) is 21.7 Å². The molecule has 0 nitrogen and oxygen atoms in total. The monoisotopic (exact) mass is 168 g/mol. The zero-order valence-corrected chi connectivity index (χ0v) is 9.05. The predicted molar refractivity (Wildman–Crippen MR) is 53.8 cm³/mol. The lowest BCUT2D eigenvalue weighted by Crippen LogP contribution is -1.73. The van der Waals surface area contributed by atoms with Crippen LogP contribution in [0.2, 0.25) is 0 Å². The molecule has 1 heterocycles. The molecule has 0 N–H and O–H groups in total. The molecule has 0 aliphatic heterocycles. The highest BCUT2D eigenvalue weighted by molar-refractivity contribution is 7.50.